The van der Waals surface area contributed by atoms with Crippen LogP contribution >= 0.6 is 0 Å². The van der Waals surface area contributed by atoms with Crippen LogP contribution in [0.3, 0.4) is 0 Å². The van der Waals surface area contributed by atoms with E-state index in [9.17, 15) is 9.90 Å². The number of hydrogen-bond donors (Lipinski definition) is 1. The van der Waals surface area contributed by atoms with E-state index in [-0.39, 0.29) is 12.4 Å². The number of aryl methyl sites for hydroxylation is 1. The number of nitrogens with zero attached hydrogens (tertiary/aromatic N) is 2. The second-order valence-electron chi connectivity index (χ2n) is 4.06. The fraction of sp³-hybridized carbons (Fsp3) is 0.667. The van der Waals surface area contributed by atoms with Crippen molar-refractivity contribution in [1.29, 1.82) is 0 Å². The monoisotopic (exact) mass is 240 g/mol. The van der Waals surface area contributed by atoms with Crippen LogP contribution in [0.15, 0.2) is 12.5 Å². The van der Waals surface area contributed by atoms with Crippen molar-refractivity contribution in [3.05, 3.63) is 18.2 Å². The third-order valence-electron chi connectivity index (χ3n) is 2.58. The van der Waals surface area contributed by atoms with Gasteiger partial charge in [0.15, 0.2) is 0 Å². The molecule has 1 aromatic heterocycles. The van der Waals surface area contributed by atoms with Gasteiger partial charge in [-0.2, -0.15) is 0 Å². The summed E-state index contributed by atoms with van der Waals surface area (Å²) in [5.74, 6) is -0.250. The Hall–Kier alpha value is -1.36. The second-order valence-corrected chi connectivity index (χ2v) is 4.06. The Bertz CT molecular complexity index is 349. The normalized spacial score (nSPS) is 12.4. The third kappa shape index (κ3) is 4.56. The molecule has 0 aliphatic heterocycles. The fourth-order valence-corrected chi connectivity index (χ4v) is 1.49. The van der Waals surface area contributed by atoms with Gasteiger partial charge < -0.3 is 14.4 Å². The first-order valence-corrected chi connectivity index (χ1v) is 5.95. The number of aliphatic hydroxyl groups is 1. The van der Waals surface area contributed by atoms with E-state index < -0.39 is 6.10 Å². The SMILES string of the molecule is CCCCOC(=O)CCC(O)c1cncn1C. The lowest BCUT2D eigenvalue weighted by atomic mass is 10.1. The molecule has 1 N–H and O–H groups in total. The summed E-state index contributed by atoms with van der Waals surface area (Å²) in [6.45, 7) is 2.51. The highest BCUT2D eigenvalue weighted by molar-refractivity contribution is 5.69. The van der Waals surface area contributed by atoms with Gasteiger partial charge in [-0.05, 0) is 12.8 Å². The summed E-state index contributed by atoms with van der Waals surface area (Å²) in [5.41, 5.74) is 0.714. The lowest BCUT2D eigenvalue weighted by Crippen LogP contribution is -2.09. The van der Waals surface area contributed by atoms with Crippen molar-refractivity contribution in [1.82, 2.24) is 9.55 Å². The number of ether oxygens (including phenoxy) is 1. The Balaban J connectivity index is 2.26. The average molecular weight is 240 g/mol. The molecule has 0 saturated carbocycles. The molecule has 0 bridgehead atoms. The molecule has 1 unspecified atom stereocenters. The molecule has 1 atom stereocenters. The maximum atomic E-state index is 11.3. The highest BCUT2D eigenvalue weighted by atomic mass is 16.5. The molecule has 0 fully saturated rings. The van der Waals surface area contributed by atoms with Gasteiger partial charge >= 0.3 is 5.97 Å². The number of carbonyl (C=O) groups is 1. The third-order valence-corrected chi connectivity index (χ3v) is 2.58. The first-order chi connectivity index (χ1) is 8.15. The predicted octanol–water partition coefficient (Wildman–Crippen LogP) is 1.58. The highest BCUT2D eigenvalue weighted by Gasteiger charge is 2.13. The van der Waals surface area contributed by atoms with Crippen molar-refractivity contribution in [2.75, 3.05) is 6.61 Å². The number of rotatable bonds is 7. The Labute approximate surface area is 101 Å². The molecule has 17 heavy (non-hydrogen) atoms. The zero-order valence-corrected chi connectivity index (χ0v) is 10.4. The molecule has 1 heterocycles. The summed E-state index contributed by atoms with van der Waals surface area (Å²) in [4.78, 5) is 15.2. The topological polar surface area (TPSA) is 64.3 Å². The van der Waals surface area contributed by atoms with Crippen LogP contribution in [0.5, 0.6) is 0 Å². The number of unbranched alkanes of at least 4 members (excludes halogenated alkanes) is 1. The molecular formula is C12H20N2O3. The van der Waals surface area contributed by atoms with Crippen LogP contribution in [0.1, 0.15) is 44.4 Å². The largest absolute Gasteiger partial charge is 0.466 e. The summed E-state index contributed by atoms with van der Waals surface area (Å²) in [5, 5.41) is 9.84. The van der Waals surface area contributed by atoms with Crippen molar-refractivity contribution in [2.24, 2.45) is 7.05 Å². The summed E-state index contributed by atoms with van der Waals surface area (Å²) >= 11 is 0. The lowest BCUT2D eigenvalue weighted by molar-refractivity contribution is -0.144. The smallest absolute Gasteiger partial charge is 0.305 e. The minimum absolute atomic E-state index is 0.232. The van der Waals surface area contributed by atoms with Gasteiger partial charge in [0.25, 0.3) is 0 Å². The molecule has 5 heteroatoms. The van der Waals surface area contributed by atoms with E-state index in [1.807, 2.05) is 14.0 Å². The van der Waals surface area contributed by atoms with Crippen LogP contribution in [0, 0.1) is 0 Å². The molecule has 0 aromatic carbocycles. The molecule has 0 spiro atoms. The van der Waals surface area contributed by atoms with Gasteiger partial charge in [-0.3, -0.25) is 4.79 Å². The average Bonchev–Trinajstić information content (AvgIpc) is 2.73. The van der Waals surface area contributed by atoms with E-state index in [0.717, 1.165) is 12.8 Å². The Kier molecular flexibility index (Phi) is 5.69. The first kappa shape index (κ1) is 13.7. The Morgan fingerprint density at radius 3 is 3.00 bits per heavy atom. The molecule has 0 aliphatic rings. The Morgan fingerprint density at radius 2 is 2.41 bits per heavy atom. The molecule has 0 radical (unpaired) electrons. The van der Waals surface area contributed by atoms with Gasteiger partial charge in [0.1, 0.15) is 0 Å². The van der Waals surface area contributed by atoms with E-state index in [4.69, 9.17) is 4.74 Å². The molecule has 0 amide bonds. The van der Waals surface area contributed by atoms with E-state index in [2.05, 4.69) is 4.98 Å². The van der Waals surface area contributed by atoms with E-state index in [0.29, 0.717) is 18.7 Å². The standard InChI is InChI=1S/C12H20N2O3/c1-3-4-7-17-12(16)6-5-11(15)10-8-13-9-14(10)2/h8-9,11,15H,3-7H2,1-2H3. The highest BCUT2D eigenvalue weighted by Crippen LogP contribution is 2.17. The minimum atomic E-state index is -0.666. The quantitative estimate of drug-likeness (QED) is 0.580. The zero-order chi connectivity index (χ0) is 12.7. The van der Waals surface area contributed by atoms with Crippen molar-refractivity contribution in [3.63, 3.8) is 0 Å². The first-order valence-electron chi connectivity index (χ1n) is 5.95. The van der Waals surface area contributed by atoms with Crippen LogP contribution in [0.4, 0.5) is 0 Å². The molecule has 5 nitrogen and oxygen atoms in total. The van der Waals surface area contributed by atoms with Crippen LogP contribution in [-0.4, -0.2) is 27.2 Å². The van der Waals surface area contributed by atoms with Crippen molar-refractivity contribution < 1.29 is 14.6 Å². The number of aromatic nitrogens is 2. The zero-order valence-electron chi connectivity index (χ0n) is 10.4. The van der Waals surface area contributed by atoms with Gasteiger partial charge in [0.05, 0.1) is 30.9 Å². The summed E-state index contributed by atoms with van der Waals surface area (Å²) in [6.07, 6.45) is 5.05. The van der Waals surface area contributed by atoms with Gasteiger partial charge in [-0.1, -0.05) is 13.3 Å². The van der Waals surface area contributed by atoms with Gasteiger partial charge in [-0.15, -0.1) is 0 Å². The van der Waals surface area contributed by atoms with Crippen LogP contribution in [0.2, 0.25) is 0 Å². The summed E-state index contributed by atoms with van der Waals surface area (Å²) in [6, 6.07) is 0. The summed E-state index contributed by atoms with van der Waals surface area (Å²) in [7, 11) is 1.81. The minimum Gasteiger partial charge on any atom is -0.466 e. The second kappa shape index (κ2) is 7.06. The summed E-state index contributed by atoms with van der Waals surface area (Å²) < 4.78 is 6.75. The van der Waals surface area contributed by atoms with E-state index in [1.54, 1.807) is 17.1 Å². The van der Waals surface area contributed by atoms with Crippen molar-refractivity contribution in [3.8, 4) is 0 Å². The van der Waals surface area contributed by atoms with Crippen molar-refractivity contribution in [2.45, 2.75) is 38.7 Å². The molecular weight excluding hydrogens is 220 g/mol. The predicted molar refractivity (Wildman–Crippen MR) is 63.3 cm³/mol. The molecule has 1 aromatic rings. The maximum Gasteiger partial charge on any atom is 0.305 e. The molecule has 0 aliphatic carbocycles. The lowest BCUT2D eigenvalue weighted by Gasteiger charge is -2.10. The van der Waals surface area contributed by atoms with Gasteiger partial charge in [-0.25, -0.2) is 4.98 Å². The van der Waals surface area contributed by atoms with Crippen molar-refractivity contribution >= 4 is 5.97 Å². The number of hydrogen-bond acceptors (Lipinski definition) is 4. The molecule has 96 valence electrons. The molecule has 1 rings (SSSR count). The number of carbonyl (C=O) groups excluding carboxylic acids is 1. The maximum absolute atomic E-state index is 11.3. The van der Waals surface area contributed by atoms with Crippen LogP contribution in [0.25, 0.3) is 0 Å². The Morgan fingerprint density at radius 1 is 1.65 bits per heavy atom. The number of imidazole rings is 1. The van der Waals surface area contributed by atoms with Gasteiger partial charge in [0, 0.05) is 13.5 Å². The van der Waals surface area contributed by atoms with Crippen LogP contribution < -0.4 is 0 Å². The van der Waals surface area contributed by atoms with E-state index in [1.165, 1.54) is 0 Å². The number of esters is 1. The van der Waals surface area contributed by atoms with Gasteiger partial charge in [0.2, 0.25) is 0 Å². The van der Waals surface area contributed by atoms with Crippen LogP contribution in [-0.2, 0) is 16.6 Å². The van der Waals surface area contributed by atoms with E-state index >= 15 is 0 Å². The fourth-order valence-electron chi connectivity index (χ4n) is 1.49. The number of aliphatic hydroxyl groups excluding tert-OH is 1. The molecule has 0 saturated heterocycles.